The van der Waals surface area contributed by atoms with E-state index < -0.39 is 0 Å². The summed E-state index contributed by atoms with van der Waals surface area (Å²) in [6.45, 7) is 9.83. The molecule has 1 saturated heterocycles. The zero-order valence-electron chi connectivity index (χ0n) is 12.7. The number of nitrogens with two attached hydrogens (primary N) is 1. The standard InChI is InChI=1S/C17H28N2/c1-13-5-4-7-19(8-6-13)17(12-18)16-10-14(2)9-15(3)11-16/h9-11,13,17H,4-8,12,18H2,1-3H3. The first-order valence-electron chi connectivity index (χ1n) is 7.62. The molecule has 0 aromatic heterocycles. The van der Waals surface area contributed by atoms with Crippen LogP contribution in [0.2, 0.25) is 0 Å². The van der Waals surface area contributed by atoms with Gasteiger partial charge in [-0.15, -0.1) is 0 Å². The van der Waals surface area contributed by atoms with Gasteiger partial charge in [0.15, 0.2) is 0 Å². The van der Waals surface area contributed by atoms with Gasteiger partial charge in [0.2, 0.25) is 0 Å². The molecule has 2 nitrogen and oxygen atoms in total. The van der Waals surface area contributed by atoms with Crippen LogP contribution in [0.3, 0.4) is 0 Å². The first-order chi connectivity index (χ1) is 9.10. The fourth-order valence-electron chi connectivity index (χ4n) is 3.30. The lowest BCUT2D eigenvalue weighted by molar-refractivity contribution is 0.207. The minimum atomic E-state index is 0.392. The molecule has 0 aliphatic carbocycles. The van der Waals surface area contributed by atoms with Crippen molar-refractivity contribution >= 4 is 0 Å². The molecular formula is C17H28N2. The van der Waals surface area contributed by atoms with Crippen molar-refractivity contribution in [3.63, 3.8) is 0 Å². The van der Waals surface area contributed by atoms with Gasteiger partial charge in [0.1, 0.15) is 0 Å². The largest absolute Gasteiger partial charge is 0.329 e. The Balaban J connectivity index is 2.18. The normalized spacial score (nSPS) is 23.1. The van der Waals surface area contributed by atoms with E-state index in [1.165, 1.54) is 49.0 Å². The van der Waals surface area contributed by atoms with Gasteiger partial charge in [-0.3, -0.25) is 4.90 Å². The Hall–Kier alpha value is -0.860. The van der Waals surface area contributed by atoms with Gasteiger partial charge in [-0.1, -0.05) is 36.2 Å². The predicted molar refractivity (Wildman–Crippen MR) is 82.3 cm³/mol. The molecule has 0 amide bonds. The molecule has 1 fully saturated rings. The number of benzene rings is 1. The highest BCUT2D eigenvalue weighted by Crippen LogP contribution is 2.26. The Morgan fingerprint density at radius 3 is 2.47 bits per heavy atom. The summed E-state index contributed by atoms with van der Waals surface area (Å²) in [5, 5.41) is 0. The molecule has 2 unspecified atom stereocenters. The van der Waals surface area contributed by atoms with Crippen LogP contribution in [0.25, 0.3) is 0 Å². The minimum absolute atomic E-state index is 0.392. The average Bonchev–Trinajstić information content (AvgIpc) is 2.54. The second-order valence-electron chi connectivity index (χ2n) is 6.24. The van der Waals surface area contributed by atoms with E-state index in [9.17, 15) is 0 Å². The Bertz CT molecular complexity index is 393. The van der Waals surface area contributed by atoms with Crippen LogP contribution >= 0.6 is 0 Å². The van der Waals surface area contributed by atoms with Crippen LogP contribution in [-0.4, -0.2) is 24.5 Å². The number of rotatable bonds is 3. The zero-order chi connectivity index (χ0) is 13.8. The van der Waals surface area contributed by atoms with Crippen molar-refractivity contribution in [2.45, 2.75) is 46.1 Å². The van der Waals surface area contributed by atoms with Gasteiger partial charge in [-0.2, -0.15) is 0 Å². The lowest BCUT2D eigenvalue weighted by Crippen LogP contribution is -2.34. The number of hydrogen-bond acceptors (Lipinski definition) is 2. The van der Waals surface area contributed by atoms with Gasteiger partial charge >= 0.3 is 0 Å². The maximum absolute atomic E-state index is 6.08. The number of nitrogens with zero attached hydrogens (tertiary/aromatic N) is 1. The molecule has 1 aromatic rings. The van der Waals surface area contributed by atoms with Crippen molar-refractivity contribution in [2.75, 3.05) is 19.6 Å². The molecule has 2 rings (SSSR count). The van der Waals surface area contributed by atoms with Crippen LogP contribution in [0.1, 0.15) is 48.9 Å². The van der Waals surface area contributed by atoms with E-state index in [1.807, 2.05) is 0 Å². The molecule has 106 valence electrons. The summed E-state index contributed by atoms with van der Waals surface area (Å²) < 4.78 is 0. The molecule has 2 atom stereocenters. The van der Waals surface area contributed by atoms with Crippen molar-refractivity contribution in [3.8, 4) is 0 Å². The summed E-state index contributed by atoms with van der Waals surface area (Å²) >= 11 is 0. The van der Waals surface area contributed by atoms with Gasteiger partial charge < -0.3 is 5.73 Å². The Morgan fingerprint density at radius 1 is 1.16 bits per heavy atom. The average molecular weight is 260 g/mol. The molecular weight excluding hydrogens is 232 g/mol. The summed E-state index contributed by atoms with van der Waals surface area (Å²) in [5.74, 6) is 0.864. The monoisotopic (exact) mass is 260 g/mol. The van der Waals surface area contributed by atoms with Gasteiger partial charge in [-0.25, -0.2) is 0 Å². The zero-order valence-corrected chi connectivity index (χ0v) is 12.7. The highest BCUT2D eigenvalue weighted by atomic mass is 15.2. The minimum Gasteiger partial charge on any atom is -0.329 e. The Kier molecular flexibility index (Phi) is 5.00. The van der Waals surface area contributed by atoms with E-state index in [0.29, 0.717) is 6.04 Å². The maximum Gasteiger partial charge on any atom is 0.0470 e. The third kappa shape index (κ3) is 3.80. The molecule has 0 saturated carbocycles. The summed E-state index contributed by atoms with van der Waals surface area (Å²) in [5.41, 5.74) is 10.2. The van der Waals surface area contributed by atoms with Crippen LogP contribution in [0.15, 0.2) is 18.2 Å². The van der Waals surface area contributed by atoms with E-state index in [4.69, 9.17) is 5.73 Å². The van der Waals surface area contributed by atoms with Crippen molar-refractivity contribution in [1.29, 1.82) is 0 Å². The molecule has 1 aliphatic heterocycles. The van der Waals surface area contributed by atoms with Crippen LogP contribution in [0.5, 0.6) is 0 Å². The predicted octanol–water partition coefficient (Wildman–Crippen LogP) is 3.43. The molecule has 2 N–H and O–H groups in total. The second-order valence-corrected chi connectivity index (χ2v) is 6.24. The second kappa shape index (κ2) is 6.53. The van der Waals surface area contributed by atoms with E-state index >= 15 is 0 Å². The Morgan fingerprint density at radius 2 is 1.84 bits per heavy atom. The quantitative estimate of drug-likeness (QED) is 0.902. The van der Waals surface area contributed by atoms with Crippen LogP contribution in [0, 0.1) is 19.8 Å². The summed E-state index contributed by atoms with van der Waals surface area (Å²) in [6, 6.07) is 7.24. The van der Waals surface area contributed by atoms with Crippen molar-refractivity contribution in [2.24, 2.45) is 11.7 Å². The fraction of sp³-hybridized carbons (Fsp3) is 0.647. The van der Waals surface area contributed by atoms with Crippen LogP contribution in [0.4, 0.5) is 0 Å². The highest BCUT2D eigenvalue weighted by molar-refractivity contribution is 5.31. The third-order valence-corrected chi connectivity index (χ3v) is 4.34. The topological polar surface area (TPSA) is 29.3 Å². The fourth-order valence-corrected chi connectivity index (χ4v) is 3.30. The molecule has 0 bridgehead atoms. The van der Waals surface area contributed by atoms with Crippen molar-refractivity contribution < 1.29 is 0 Å². The third-order valence-electron chi connectivity index (χ3n) is 4.34. The molecule has 2 heteroatoms. The number of likely N-dealkylation sites (tertiary alicyclic amines) is 1. The van der Waals surface area contributed by atoms with Crippen molar-refractivity contribution in [1.82, 2.24) is 4.90 Å². The molecule has 0 radical (unpaired) electrons. The number of hydrogen-bond donors (Lipinski definition) is 1. The first-order valence-corrected chi connectivity index (χ1v) is 7.62. The highest BCUT2D eigenvalue weighted by Gasteiger charge is 2.22. The SMILES string of the molecule is Cc1cc(C)cc(C(CN)N2CCCC(C)CC2)c1. The lowest BCUT2D eigenvalue weighted by Gasteiger charge is -2.30. The van der Waals surface area contributed by atoms with Crippen LogP contribution < -0.4 is 5.73 Å². The van der Waals surface area contributed by atoms with E-state index in [1.54, 1.807) is 0 Å². The van der Waals surface area contributed by atoms with E-state index in [2.05, 4.69) is 43.9 Å². The first kappa shape index (κ1) is 14.5. The molecule has 1 aliphatic rings. The smallest absolute Gasteiger partial charge is 0.0470 e. The van der Waals surface area contributed by atoms with Crippen LogP contribution in [-0.2, 0) is 0 Å². The molecule has 19 heavy (non-hydrogen) atoms. The molecule has 0 spiro atoms. The summed E-state index contributed by atoms with van der Waals surface area (Å²) in [4.78, 5) is 2.59. The van der Waals surface area contributed by atoms with Gasteiger partial charge in [0.25, 0.3) is 0 Å². The van der Waals surface area contributed by atoms with Gasteiger partial charge in [0.05, 0.1) is 0 Å². The lowest BCUT2D eigenvalue weighted by atomic mass is 10.00. The van der Waals surface area contributed by atoms with Gasteiger partial charge in [-0.05, 0) is 57.7 Å². The maximum atomic E-state index is 6.08. The molecule has 1 heterocycles. The van der Waals surface area contributed by atoms with E-state index in [0.717, 1.165) is 12.5 Å². The number of aryl methyl sites for hydroxylation is 2. The summed E-state index contributed by atoms with van der Waals surface area (Å²) in [7, 11) is 0. The van der Waals surface area contributed by atoms with Crippen molar-refractivity contribution in [3.05, 3.63) is 34.9 Å². The molecule has 1 aromatic carbocycles. The Labute approximate surface area is 118 Å². The summed E-state index contributed by atoms with van der Waals surface area (Å²) in [6.07, 6.45) is 3.98. The van der Waals surface area contributed by atoms with Gasteiger partial charge in [0, 0.05) is 12.6 Å². The van der Waals surface area contributed by atoms with E-state index in [-0.39, 0.29) is 0 Å².